The molecular formula is C24H22N2O3. The van der Waals surface area contributed by atoms with Gasteiger partial charge < -0.3 is 14.8 Å². The van der Waals surface area contributed by atoms with Crippen LogP contribution in [0, 0.1) is 0 Å². The van der Waals surface area contributed by atoms with Gasteiger partial charge in [-0.15, -0.1) is 0 Å². The number of aromatic carboxylic acids is 1. The van der Waals surface area contributed by atoms with Crippen LogP contribution in [0.5, 0.6) is 5.75 Å². The van der Waals surface area contributed by atoms with Gasteiger partial charge in [0.25, 0.3) is 0 Å². The fourth-order valence-corrected chi connectivity index (χ4v) is 3.66. The first-order valence-corrected chi connectivity index (χ1v) is 9.67. The van der Waals surface area contributed by atoms with E-state index in [4.69, 9.17) is 0 Å². The third-order valence-electron chi connectivity index (χ3n) is 5.07. The minimum atomic E-state index is -0.932. The van der Waals surface area contributed by atoms with Gasteiger partial charge in [0.2, 0.25) is 0 Å². The number of imidazole rings is 1. The maximum absolute atomic E-state index is 11.5. The van der Waals surface area contributed by atoms with Crippen LogP contribution in [0.25, 0.3) is 22.2 Å². The molecule has 0 aliphatic heterocycles. The molecule has 0 spiro atoms. The molecule has 0 fully saturated rings. The molecule has 4 aromatic rings. The van der Waals surface area contributed by atoms with Gasteiger partial charge in [-0.3, -0.25) is 0 Å². The summed E-state index contributed by atoms with van der Waals surface area (Å²) in [6.45, 7) is 2.74. The topological polar surface area (TPSA) is 75.4 Å². The third kappa shape index (κ3) is 3.59. The highest BCUT2D eigenvalue weighted by Crippen LogP contribution is 2.28. The molecule has 29 heavy (non-hydrogen) atoms. The normalized spacial score (nSPS) is 11.1. The second kappa shape index (κ2) is 7.80. The van der Waals surface area contributed by atoms with E-state index in [2.05, 4.69) is 16.5 Å². The highest BCUT2D eigenvalue weighted by Gasteiger charge is 2.14. The van der Waals surface area contributed by atoms with Crippen LogP contribution in [-0.2, 0) is 13.0 Å². The summed E-state index contributed by atoms with van der Waals surface area (Å²) in [5.74, 6) is 0.210. The molecule has 3 aromatic carbocycles. The number of rotatable bonds is 6. The van der Waals surface area contributed by atoms with Crippen LogP contribution in [0.1, 0.15) is 35.1 Å². The molecule has 0 atom stereocenters. The Morgan fingerprint density at radius 2 is 1.76 bits per heavy atom. The van der Waals surface area contributed by atoms with Crippen molar-refractivity contribution in [2.75, 3.05) is 0 Å². The fourth-order valence-electron chi connectivity index (χ4n) is 3.66. The van der Waals surface area contributed by atoms with Crippen LogP contribution >= 0.6 is 0 Å². The number of aromatic nitrogens is 2. The monoisotopic (exact) mass is 386 g/mol. The van der Waals surface area contributed by atoms with E-state index in [1.54, 1.807) is 18.2 Å². The van der Waals surface area contributed by atoms with Gasteiger partial charge in [-0.1, -0.05) is 55.5 Å². The van der Waals surface area contributed by atoms with E-state index >= 15 is 0 Å². The molecule has 0 radical (unpaired) electrons. The van der Waals surface area contributed by atoms with Gasteiger partial charge in [0.05, 0.1) is 11.1 Å². The van der Waals surface area contributed by atoms with Gasteiger partial charge in [-0.25, -0.2) is 9.78 Å². The maximum Gasteiger partial charge on any atom is 0.336 e. The maximum atomic E-state index is 11.5. The minimum Gasteiger partial charge on any atom is -0.506 e. The van der Waals surface area contributed by atoms with Crippen molar-refractivity contribution < 1.29 is 15.0 Å². The molecule has 0 saturated heterocycles. The number of fused-ring (bicyclic) bond motifs is 1. The number of nitrogens with zero attached hydrogens (tertiary/aromatic N) is 2. The zero-order valence-electron chi connectivity index (χ0n) is 16.2. The number of para-hydroxylation sites is 1. The van der Waals surface area contributed by atoms with Crippen LogP contribution in [0.4, 0.5) is 0 Å². The van der Waals surface area contributed by atoms with E-state index in [-0.39, 0.29) is 5.75 Å². The largest absolute Gasteiger partial charge is 0.506 e. The summed E-state index contributed by atoms with van der Waals surface area (Å²) in [6, 6.07) is 20.4. The molecule has 0 amide bonds. The number of hydrogen-bond donors (Lipinski definition) is 2. The van der Waals surface area contributed by atoms with E-state index in [1.165, 1.54) is 0 Å². The van der Waals surface area contributed by atoms with Crippen molar-refractivity contribution in [3.8, 4) is 16.9 Å². The van der Waals surface area contributed by atoms with Crippen molar-refractivity contribution in [1.29, 1.82) is 0 Å². The van der Waals surface area contributed by atoms with Gasteiger partial charge in [-0.05, 0) is 41.3 Å². The average Bonchev–Trinajstić information content (AvgIpc) is 3.07. The molecule has 0 unspecified atom stereocenters. The highest BCUT2D eigenvalue weighted by molar-refractivity contribution is 5.96. The van der Waals surface area contributed by atoms with Crippen molar-refractivity contribution in [3.05, 3.63) is 83.7 Å². The molecular weight excluding hydrogens is 364 g/mol. The summed E-state index contributed by atoms with van der Waals surface area (Å²) in [6.07, 6.45) is 1.80. The van der Waals surface area contributed by atoms with Gasteiger partial charge in [0.15, 0.2) is 0 Å². The van der Waals surface area contributed by atoms with Crippen LogP contribution in [-0.4, -0.2) is 25.7 Å². The predicted molar refractivity (Wildman–Crippen MR) is 113 cm³/mol. The molecule has 146 valence electrons. The Morgan fingerprint density at radius 1 is 1.00 bits per heavy atom. The number of carboxylic acid groups (broad SMARTS) is 1. The zero-order valence-corrected chi connectivity index (χ0v) is 16.2. The van der Waals surface area contributed by atoms with E-state index < -0.39 is 5.97 Å². The minimum absolute atomic E-state index is 0.194. The number of phenols is 1. The van der Waals surface area contributed by atoms with Crippen LogP contribution in [0.15, 0.2) is 66.7 Å². The molecule has 1 aromatic heterocycles. The SMILES string of the molecule is CCCc1nc2c(O)cccc2n1Cc1ccc(-c2ccccc2C(=O)O)cc1. The highest BCUT2D eigenvalue weighted by atomic mass is 16.4. The lowest BCUT2D eigenvalue weighted by Gasteiger charge is -2.11. The lowest BCUT2D eigenvalue weighted by Crippen LogP contribution is -2.05. The number of benzene rings is 3. The fraction of sp³-hybridized carbons (Fsp3) is 0.167. The molecule has 0 saturated carbocycles. The van der Waals surface area contributed by atoms with Gasteiger partial charge >= 0.3 is 5.97 Å². The molecule has 0 aliphatic rings. The van der Waals surface area contributed by atoms with Crippen molar-refractivity contribution in [1.82, 2.24) is 9.55 Å². The van der Waals surface area contributed by atoms with E-state index in [0.29, 0.717) is 23.2 Å². The Labute approximate surface area is 168 Å². The summed E-state index contributed by atoms with van der Waals surface area (Å²) in [4.78, 5) is 16.1. The number of carbonyl (C=O) groups is 1. The first-order valence-electron chi connectivity index (χ1n) is 9.67. The van der Waals surface area contributed by atoms with Crippen LogP contribution in [0.2, 0.25) is 0 Å². The Kier molecular flexibility index (Phi) is 5.04. The van der Waals surface area contributed by atoms with Crippen LogP contribution < -0.4 is 0 Å². The third-order valence-corrected chi connectivity index (χ3v) is 5.07. The Balaban J connectivity index is 1.69. The number of aryl methyl sites for hydroxylation is 1. The standard InChI is InChI=1S/C24H22N2O3/c1-2-6-22-25-23-20(9-5-10-21(23)27)26(22)15-16-11-13-17(14-12-16)18-7-3-4-8-19(18)24(28)29/h3-5,7-14,27H,2,6,15H2,1H3,(H,28,29). The molecule has 4 rings (SSSR count). The van der Waals surface area contributed by atoms with Gasteiger partial charge in [0.1, 0.15) is 17.1 Å². The number of carboxylic acids is 1. The summed E-state index contributed by atoms with van der Waals surface area (Å²) in [5.41, 5.74) is 4.49. The second-order valence-electron chi connectivity index (χ2n) is 7.06. The summed E-state index contributed by atoms with van der Waals surface area (Å²) < 4.78 is 2.14. The Bertz CT molecular complexity index is 1180. The number of phenolic OH excluding ortho intramolecular Hbond substituents is 1. The first-order chi connectivity index (χ1) is 14.1. The number of aromatic hydroxyl groups is 1. The molecule has 2 N–H and O–H groups in total. The molecule has 5 nitrogen and oxygen atoms in total. The molecule has 0 bridgehead atoms. The van der Waals surface area contributed by atoms with Crippen molar-refractivity contribution in [2.24, 2.45) is 0 Å². The first kappa shape index (κ1) is 18.7. The van der Waals surface area contributed by atoms with Gasteiger partial charge in [0, 0.05) is 13.0 Å². The average molecular weight is 386 g/mol. The number of hydrogen-bond acceptors (Lipinski definition) is 3. The molecule has 5 heteroatoms. The zero-order chi connectivity index (χ0) is 20.4. The lowest BCUT2D eigenvalue weighted by molar-refractivity contribution is 0.0697. The quantitative estimate of drug-likeness (QED) is 0.483. The smallest absolute Gasteiger partial charge is 0.336 e. The van der Waals surface area contributed by atoms with Crippen molar-refractivity contribution >= 4 is 17.0 Å². The summed E-state index contributed by atoms with van der Waals surface area (Å²) >= 11 is 0. The lowest BCUT2D eigenvalue weighted by atomic mass is 9.99. The Morgan fingerprint density at radius 3 is 2.48 bits per heavy atom. The van der Waals surface area contributed by atoms with Gasteiger partial charge in [-0.2, -0.15) is 0 Å². The second-order valence-corrected chi connectivity index (χ2v) is 7.06. The predicted octanol–water partition coefficient (Wildman–Crippen LogP) is 5.11. The van der Waals surface area contributed by atoms with E-state index in [1.807, 2.05) is 48.5 Å². The van der Waals surface area contributed by atoms with E-state index in [9.17, 15) is 15.0 Å². The van der Waals surface area contributed by atoms with Crippen LogP contribution in [0.3, 0.4) is 0 Å². The molecule has 1 heterocycles. The summed E-state index contributed by atoms with van der Waals surface area (Å²) in [5, 5.41) is 19.6. The van der Waals surface area contributed by atoms with E-state index in [0.717, 1.165) is 35.3 Å². The summed E-state index contributed by atoms with van der Waals surface area (Å²) in [7, 11) is 0. The van der Waals surface area contributed by atoms with Crippen molar-refractivity contribution in [3.63, 3.8) is 0 Å². The van der Waals surface area contributed by atoms with Crippen molar-refractivity contribution in [2.45, 2.75) is 26.3 Å². The Hall–Kier alpha value is -3.60. The molecule has 0 aliphatic carbocycles.